The highest BCUT2D eigenvalue weighted by Crippen LogP contribution is 2.40. The number of benzene rings is 2. The van der Waals surface area contributed by atoms with Gasteiger partial charge in [0.15, 0.2) is 0 Å². The molecule has 2 aliphatic rings. The minimum Gasteiger partial charge on any atom is -0.326 e. The number of anilines is 1. The van der Waals surface area contributed by atoms with Crippen LogP contribution >= 0.6 is 0 Å². The summed E-state index contributed by atoms with van der Waals surface area (Å²) >= 11 is 0. The summed E-state index contributed by atoms with van der Waals surface area (Å²) in [6.45, 7) is 4.87. The predicted octanol–water partition coefficient (Wildman–Crippen LogP) is 3.96. The molecule has 0 radical (unpaired) electrons. The molecule has 1 saturated heterocycles. The van der Waals surface area contributed by atoms with Gasteiger partial charge in [-0.25, -0.2) is 0 Å². The van der Waals surface area contributed by atoms with Gasteiger partial charge in [-0.3, -0.25) is 14.5 Å². The molecule has 1 amide bonds. The van der Waals surface area contributed by atoms with Gasteiger partial charge in [0.25, 0.3) is 5.56 Å². The Morgan fingerprint density at radius 2 is 1.91 bits per heavy atom. The third-order valence-corrected chi connectivity index (χ3v) is 6.64. The molecule has 1 N–H and O–H groups in total. The number of fused-ring (bicyclic) bond motifs is 4. The van der Waals surface area contributed by atoms with Crippen LogP contribution in [-0.4, -0.2) is 28.5 Å². The van der Waals surface area contributed by atoms with Crippen molar-refractivity contribution in [2.24, 2.45) is 5.92 Å². The molecule has 5 rings (SSSR count). The van der Waals surface area contributed by atoms with Crippen LogP contribution in [0, 0.1) is 17.2 Å². The molecule has 166 valence electrons. The van der Waals surface area contributed by atoms with E-state index < -0.39 is 0 Å². The van der Waals surface area contributed by atoms with Gasteiger partial charge in [-0.15, -0.1) is 0 Å². The Balaban J connectivity index is 1.45. The maximum atomic E-state index is 12.8. The molecule has 33 heavy (non-hydrogen) atoms. The normalized spacial score (nSPS) is 19.4. The molecule has 2 bridgehead atoms. The number of nitrogens with zero attached hydrogens (tertiary/aromatic N) is 3. The first-order valence-corrected chi connectivity index (χ1v) is 11.3. The zero-order chi connectivity index (χ0) is 22.9. The lowest BCUT2D eigenvalue weighted by Crippen LogP contribution is -2.47. The molecule has 3 heterocycles. The van der Waals surface area contributed by atoms with E-state index >= 15 is 0 Å². The second kappa shape index (κ2) is 8.68. The zero-order valence-electron chi connectivity index (χ0n) is 18.6. The molecule has 1 fully saturated rings. The monoisotopic (exact) mass is 438 g/mol. The summed E-state index contributed by atoms with van der Waals surface area (Å²) in [6, 6.07) is 21.5. The van der Waals surface area contributed by atoms with Gasteiger partial charge >= 0.3 is 0 Å². The molecule has 1 aromatic heterocycles. The Kier molecular flexibility index (Phi) is 5.57. The third-order valence-electron chi connectivity index (χ3n) is 6.64. The van der Waals surface area contributed by atoms with Gasteiger partial charge < -0.3 is 9.88 Å². The molecule has 2 atom stereocenters. The lowest BCUT2D eigenvalue weighted by molar-refractivity contribution is -0.114. The lowest BCUT2D eigenvalue weighted by atomic mass is 9.80. The molecule has 2 unspecified atom stereocenters. The van der Waals surface area contributed by atoms with Crippen LogP contribution in [-0.2, 0) is 17.9 Å². The molecule has 0 aliphatic carbocycles. The number of nitriles is 1. The van der Waals surface area contributed by atoms with E-state index in [1.807, 2.05) is 53.1 Å². The van der Waals surface area contributed by atoms with E-state index in [9.17, 15) is 14.9 Å². The smallest absolute Gasteiger partial charge is 0.250 e. The van der Waals surface area contributed by atoms with E-state index in [-0.39, 0.29) is 17.4 Å². The van der Waals surface area contributed by atoms with Crippen molar-refractivity contribution in [2.45, 2.75) is 32.4 Å². The number of piperidine rings is 1. The van der Waals surface area contributed by atoms with Crippen molar-refractivity contribution in [1.29, 1.82) is 5.26 Å². The Morgan fingerprint density at radius 3 is 2.67 bits per heavy atom. The predicted molar refractivity (Wildman–Crippen MR) is 128 cm³/mol. The Bertz CT molecular complexity index is 1300. The third kappa shape index (κ3) is 4.33. The van der Waals surface area contributed by atoms with E-state index in [1.165, 1.54) is 6.92 Å². The molecule has 2 aromatic carbocycles. The van der Waals surface area contributed by atoms with Crippen LogP contribution in [0.15, 0.2) is 65.5 Å². The lowest BCUT2D eigenvalue weighted by Gasteiger charge is -2.43. The van der Waals surface area contributed by atoms with Gasteiger partial charge in [-0.2, -0.15) is 5.26 Å². The van der Waals surface area contributed by atoms with E-state index in [0.29, 0.717) is 11.5 Å². The number of pyridine rings is 1. The van der Waals surface area contributed by atoms with Crippen LogP contribution in [0.2, 0.25) is 0 Å². The first-order valence-electron chi connectivity index (χ1n) is 11.3. The average Bonchev–Trinajstić information content (AvgIpc) is 2.80. The fourth-order valence-corrected chi connectivity index (χ4v) is 5.42. The highest BCUT2D eigenvalue weighted by atomic mass is 16.1. The summed E-state index contributed by atoms with van der Waals surface area (Å²) in [5.41, 5.74) is 5.90. The number of amides is 1. The fourth-order valence-electron chi connectivity index (χ4n) is 5.42. The molecule has 0 spiro atoms. The van der Waals surface area contributed by atoms with Gasteiger partial charge in [0, 0.05) is 62.0 Å². The summed E-state index contributed by atoms with van der Waals surface area (Å²) in [5.74, 6) is 0.612. The number of carbonyl (C=O) groups is 1. The largest absolute Gasteiger partial charge is 0.326 e. The number of carbonyl (C=O) groups excluding carboxylic acids is 1. The van der Waals surface area contributed by atoms with Gasteiger partial charge in [-0.05, 0) is 53.8 Å². The fraction of sp³-hybridized carbons (Fsp3) is 0.296. The number of rotatable bonds is 4. The van der Waals surface area contributed by atoms with Crippen LogP contribution in [0.3, 0.4) is 0 Å². The molecular weight excluding hydrogens is 412 g/mol. The summed E-state index contributed by atoms with van der Waals surface area (Å²) in [5, 5.41) is 12.0. The second-order valence-corrected chi connectivity index (χ2v) is 9.14. The van der Waals surface area contributed by atoms with Gasteiger partial charge in [0.2, 0.25) is 5.91 Å². The van der Waals surface area contributed by atoms with Gasteiger partial charge in [0.05, 0.1) is 11.6 Å². The van der Waals surface area contributed by atoms with Gasteiger partial charge in [-0.1, -0.05) is 24.3 Å². The van der Waals surface area contributed by atoms with E-state index in [4.69, 9.17) is 0 Å². The van der Waals surface area contributed by atoms with Crippen molar-refractivity contribution in [3.05, 3.63) is 87.8 Å². The molecule has 3 aromatic rings. The van der Waals surface area contributed by atoms with E-state index in [2.05, 4.69) is 22.4 Å². The topological polar surface area (TPSA) is 78.1 Å². The minimum atomic E-state index is -0.0972. The summed E-state index contributed by atoms with van der Waals surface area (Å²) in [6.07, 6.45) is 1.08. The summed E-state index contributed by atoms with van der Waals surface area (Å²) < 4.78 is 1.98. The molecule has 6 heteroatoms. The highest BCUT2D eigenvalue weighted by molar-refractivity contribution is 5.89. The van der Waals surface area contributed by atoms with E-state index in [1.54, 1.807) is 6.07 Å². The van der Waals surface area contributed by atoms with Crippen molar-refractivity contribution in [2.75, 3.05) is 18.4 Å². The van der Waals surface area contributed by atoms with Crippen LogP contribution in [0.25, 0.3) is 11.1 Å². The summed E-state index contributed by atoms with van der Waals surface area (Å²) in [4.78, 5) is 26.6. The zero-order valence-corrected chi connectivity index (χ0v) is 18.6. The summed E-state index contributed by atoms with van der Waals surface area (Å²) in [7, 11) is 0. The van der Waals surface area contributed by atoms with Crippen molar-refractivity contribution in [3.8, 4) is 17.2 Å². The number of hydrogen-bond acceptors (Lipinski definition) is 4. The van der Waals surface area contributed by atoms with Crippen molar-refractivity contribution in [3.63, 3.8) is 0 Å². The first kappa shape index (κ1) is 21.2. The Labute approximate surface area is 193 Å². The molecule has 2 aliphatic heterocycles. The average molecular weight is 439 g/mol. The number of nitrogens with one attached hydrogen (secondary N) is 1. The van der Waals surface area contributed by atoms with Crippen LogP contribution in [0.4, 0.5) is 5.69 Å². The van der Waals surface area contributed by atoms with Crippen LogP contribution in [0.5, 0.6) is 0 Å². The van der Waals surface area contributed by atoms with Gasteiger partial charge in [0.1, 0.15) is 0 Å². The Hall–Kier alpha value is -3.69. The van der Waals surface area contributed by atoms with Crippen molar-refractivity contribution in [1.82, 2.24) is 9.47 Å². The van der Waals surface area contributed by atoms with Crippen molar-refractivity contribution >= 4 is 11.6 Å². The molecule has 6 nitrogen and oxygen atoms in total. The van der Waals surface area contributed by atoms with Crippen molar-refractivity contribution < 1.29 is 4.79 Å². The first-order chi connectivity index (χ1) is 16.0. The highest BCUT2D eigenvalue weighted by Gasteiger charge is 2.36. The number of aromatic nitrogens is 1. The van der Waals surface area contributed by atoms with Crippen LogP contribution in [0.1, 0.15) is 36.1 Å². The van der Waals surface area contributed by atoms with E-state index in [0.717, 1.165) is 60.7 Å². The second-order valence-electron chi connectivity index (χ2n) is 9.14. The maximum Gasteiger partial charge on any atom is 0.250 e. The minimum absolute atomic E-state index is 0.0634. The standard InChI is InChI=1S/C27H26N4O2/c1-18(32)29-24-7-5-22(6-8-24)25-9-10-26(33)31-16-21-12-23(27(25)31)17-30(15-21)14-20-4-2-3-19(11-20)13-28/h2-11,21,23H,12,14-17H2,1H3,(H,29,32). The number of hydrogen-bond donors (Lipinski definition) is 1. The molecule has 0 saturated carbocycles. The SMILES string of the molecule is CC(=O)Nc1ccc(-c2ccc(=O)n3c2C2CC(CN(Cc4cccc(C#N)c4)C2)C3)cc1. The number of likely N-dealkylation sites (tertiary alicyclic amines) is 1. The van der Waals surface area contributed by atoms with Crippen LogP contribution < -0.4 is 10.9 Å². The Morgan fingerprint density at radius 1 is 1.09 bits per heavy atom. The maximum absolute atomic E-state index is 12.8. The quantitative estimate of drug-likeness (QED) is 0.669. The molecular formula is C27H26N4O2.